The van der Waals surface area contributed by atoms with E-state index >= 15 is 0 Å². The molecule has 21 heavy (non-hydrogen) atoms. The molecule has 2 aromatic rings. The number of anilines is 1. The van der Waals surface area contributed by atoms with Crippen molar-refractivity contribution in [2.24, 2.45) is 0 Å². The van der Waals surface area contributed by atoms with Gasteiger partial charge in [0, 0.05) is 18.3 Å². The van der Waals surface area contributed by atoms with Crippen LogP contribution in [0.2, 0.25) is 0 Å². The number of carbonyl (C=O) groups is 1. The van der Waals surface area contributed by atoms with Gasteiger partial charge >= 0.3 is 0 Å². The largest absolute Gasteiger partial charge is 0.497 e. The number of nitrogens with one attached hydrogen (secondary N) is 1. The van der Waals surface area contributed by atoms with Crippen molar-refractivity contribution < 1.29 is 14.3 Å². The van der Waals surface area contributed by atoms with Crippen molar-refractivity contribution in [2.75, 3.05) is 19.5 Å². The fourth-order valence-corrected chi connectivity index (χ4v) is 1.70. The van der Waals surface area contributed by atoms with E-state index in [4.69, 9.17) is 9.47 Å². The van der Waals surface area contributed by atoms with Crippen LogP contribution in [0.3, 0.4) is 0 Å². The Morgan fingerprint density at radius 2 is 1.86 bits per heavy atom. The number of pyridine rings is 1. The van der Waals surface area contributed by atoms with Gasteiger partial charge in [0.25, 0.3) is 0 Å². The van der Waals surface area contributed by atoms with Gasteiger partial charge in [0.1, 0.15) is 17.3 Å². The van der Waals surface area contributed by atoms with E-state index in [9.17, 15) is 4.79 Å². The Kier molecular flexibility index (Phi) is 4.93. The van der Waals surface area contributed by atoms with E-state index in [0.717, 1.165) is 5.56 Å². The van der Waals surface area contributed by atoms with Gasteiger partial charge in [-0.2, -0.15) is 0 Å². The van der Waals surface area contributed by atoms with Crippen molar-refractivity contribution >= 4 is 17.8 Å². The van der Waals surface area contributed by atoms with Gasteiger partial charge in [-0.05, 0) is 35.9 Å². The van der Waals surface area contributed by atoms with Gasteiger partial charge in [0.15, 0.2) is 0 Å². The van der Waals surface area contributed by atoms with Crippen LogP contribution in [0.1, 0.15) is 5.56 Å². The molecule has 1 N–H and O–H groups in total. The molecule has 2 rings (SSSR count). The molecule has 0 spiro atoms. The van der Waals surface area contributed by atoms with E-state index in [1.807, 2.05) is 12.1 Å². The topological polar surface area (TPSA) is 60.5 Å². The third-order valence-corrected chi connectivity index (χ3v) is 2.72. The fourth-order valence-electron chi connectivity index (χ4n) is 1.70. The molecule has 1 amide bonds. The summed E-state index contributed by atoms with van der Waals surface area (Å²) in [7, 11) is 3.16. The SMILES string of the molecule is COc1cc(/C=C/C(=O)Nc2ccccn2)cc(OC)c1. The van der Waals surface area contributed by atoms with Crippen LogP contribution in [0.25, 0.3) is 6.08 Å². The fraction of sp³-hybridized carbons (Fsp3) is 0.125. The predicted molar refractivity (Wildman–Crippen MR) is 81.4 cm³/mol. The zero-order chi connectivity index (χ0) is 15.1. The third kappa shape index (κ3) is 4.35. The Bertz CT molecular complexity index is 617. The predicted octanol–water partition coefficient (Wildman–Crippen LogP) is 2.75. The molecule has 0 aliphatic rings. The molecular weight excluding hydrogens is 268 g/mol. The summed E-state index contributed by atoms with van der Waals surface area (Å²) in [6.07, 6.45) is 4.73. The third-order valence-electron chi connectivity index (χ3n) is 2.72. The summed E-state index contributed by atoms with van der Waals surface area (Å²) < 4.78 is 10.4. The number of benzene rings is 1. The number of methoxy groups -OCH3 is 2. The molecular formula is C16H16N2O3. The van der Waals surface area contributed by atoms with Crippen LogP contribution in [0.5, 0.6) is 11.5 Å². The van der Waals surface area contributed by atoms with Crippen LogP contribution < -0.4 is 14.8 Å². The molecule has 1 aromatic carbocycles. The Morgan fingerprint density at radius 3 is 2.43 bits per heavy atom. The van der Waals surface area contributed by atoms with Gasteiger partial charge in [-0.15, -0.1) is 0 Å². The number of hydrogen-bond acceptors (Lipinski definition) is 4. The van der Waals surface area contributed by atoms with Crippen molar-refractivity contribution in [3.05, 3.63) is 54.2 Å². The maximum absolute atomic E-state index is 11.8. The Labute approximate surface area is 123 Å². The van der Waals surface area contributed by atoms with Crippen molar-refractivity contribution in [1.29, 1.82) is 0 Å². The minimum Gasteiger partial charge on any atom is -0.497 e. The summed E-state index contributed by atoms with van der Waals surface area (Å²) in [6.45, 7) is 0. The first kappa shape index (κ1) is 14.6. The molecule has 0 saturated carbocycles. The van der Waals surface area contributed by atoms with Crippen molar-refractivity contribution in [2.45, 2.75) is 0 Å². The van der Waals surface area contributed by atoms with Gasteiger partial charge in [0.05, 0.1) is 14.2 Å². The molecule has 0 aliphatic heterocycles. The molecule has 0 atom stereocenters. The zero-order valence-electron chi connectivity index (χ0n) is 11.9. The summed E-state index contributed by atoms with van der Waals surface area (Å²) in [5.41, 5.74) is 0.808. The summed E-state index contributed by atoms with van der Waals surface area (Å²) in [4.78, 5) is 15.8. The normalized spacial score (nSPS) is 10.4. The van der Waals surface area contributed by atoms with Crippen LogP contribution in [0.15, 0.2) is 48.7 Å². The number of aromatic nitrogens is 1. The number of hydrogen-bond donors (Lipinski definition) is 1. The van der Waals surface area contributed by atoms with Gasteiger partial charge in [-0.25, -0.2) is 4.98 Å². The molecule has 0 saturated heterocycles. The molecule has 108 valence electrons. The standard InChI is InChI=1S/C16H16N2O3/c1-20-13-9-12(10-14(11-13)21-2)6-7-16(19)18-15-5-3-4-8-17-15/h3-11H,1-2H3,(H,17,18,19)/b7-6+. The molecule has 1 aromatic heterocycles. The Balaban J connectivity index is 2.08. The number of rotatable bonds is 5. The lowest BCUT2D eigenvalue weighted by Crippen LogP contribution is -2.08. The number of carbonyl (C=O) groups excluding carboxylic acids is 1. The second kappa shape index (κ2) is 7.09. The quantitative estimate of drug-likeness (QED) is 0.858. The lowest BCUT2D eigenvalue weighted by atomic mass is 10.2. The lowest BCUT2D eigenvalue weighted by molar-refractivity contribution is -0.111. The van der Waals surface area contributed by atoms with Crippen molar-refractivity contribution in [3.63, 3.8) is 0 Å². The first-order valence-electron chi connectivity index (χ1n) is 6.34. The van der Waals surface area contributed by atoms with Gasteiger partial charge < -0.3 is 14.8 Å². The molecule has 5 nitrogen and oxygen atoms in total. The smallest absolute Gasteiger partial charge is 0.249 e. The van der Waals surface area contributed by atoms with Crippen LogP contribution in [-0.4, -0.2) is 25.1 Å². The Morgan fingerprint density at radius 1 is 1.14 bits per heavy atom. The van der Waals surface area contributed by atoms with Gasteiger partial charge in [-0.3, -0.25) is 4.79 Å². The van der Waals surface area contributed by atoms with E-state index in [1.165, 1.54) is 6.08 Å². The van der Waals surface area contributed by atoms with Crippen LogP contribution in [0, 0.1) is 0 Å². The second-order valence-corrected chi connectivity index (χ2v) is 4.18. The van der Waals surface area contributed by atoms with Crippen molar-refractivity contribution in [3.8, 4) is 11.5 Å². The van der Waals surface area contributed by atoms with E-state index in [0.29, 0.717) is 17.3 Å². The van der Waals surface area contributed by atoms with Crippen molar-refractivity contribution in [1.82, 2.24) is 4.98 Å². The monoisotopic (exact) mass is 284 g/mol. The molecule has 5 heteroatoms. The number of nitrogens with zero attached hydrogens (tertiary/aromatic N) is 1. The van der Waals surface area contributed by atoms with Gasteiger partial charge in [0.2, 0.25) is 5.91 Å². The van der Waals surface area contributed by atoms with E-state index in [2.05, 4.69) is 10.3 Å². The zero-order valence-corrected chi connectivity index (χ0v) is 11.9. The molecule has 0 unspecified atom stereocenters. The second-order valence-electron chi connectivity index (χ2n) is 4.18. The maximum atomic E-state index is 11.8. The summed E-state index contributed by atoms with van der Waals surface area (Å²) in [5, 5.41) is 2.67. The minimum atomic E-state index is -0.254. The highest BCUT2D eigenvalue weighted by molar-refractivity contribution is 6.01. The maximum Gasteiger partial charge on any atom is 0.249 e. The lowest BCUT2D eigenvalue weighted by Gasteiger charge is -2.05. The molecule has 0 radical (unpaired) electrons. The molecule has 0 aliphatic carbocycles. The molecule has 0 fully saturated rings. The van der Waals surface area contributed by atoms with E-state index in [-0.39, 0.29) is 5.91 Å². The minimum absolute atomic E-state index is 0.254. The molecule has 0 bridgehead atoms. The van der Waals surface area contributed by atoms with Crippen LogP contribution in [-0.2, 0) is 4.79 Å². The highest BCUT2D eigenvalue weighted by atomic mass is 16.5. The van der Waals surface area contributed by atoms with Crippen LogP contribution >= 0.6 is 0 Å². The highest BCUT2D eigenvalue weighted by Crippen LogP contribution is 2.23. The summed E-state index contributed by atoms with van der Waals surface area (Å²) in [5.74, 6) is 1.59. The molecule has 1 heterocycles. The average Bonchev–Trinajstić information content (AvgIpc) is 2.53. The first-order chi connectivity index (χ1) is 10.2. The van der Waals surface area contributed by atoms with E-state index in [1.54, 1.807) is 50.8 Å². The van der Waals surface area contributed by atoms with Gasteiger partial charge in [-0.1, -0.05) is 6.07 Å². The average molecular weight is 284 g/mol. The van der Waals surface area contributed by atoms with E-state index < -0.39 is 0 Å². The summed E-state index contributed by atoms with van der Waals surface area (Å²) >= 11 is 0. The first-order valence-corrected chi connectivity index (χ1v) is 6.34. The number of ether oxygens (including phenoxy) is 2. The Hall–Kier alpha value is -2.82. The summed E-state index contributed by atoms with van der Waals surface area (Å²) in [6, 6.07) is 10.7. The van der Waals surface area contributed by atoms with Crippen LogP contribution in [0.4, 0.5) is 5.82 Å². The number of amides is 1. The highest BCUT2D eigenvalue weighted by Gasteiger charge is 2.01.